The van der Waals surface area contributed by atoms with Crippen molar-refractivity contribution in [2.24, 2.45) is 0 Å². The molecule has 0 heterocycles. The minimum atomic E-state index is -0.852. The Morgan fingerprint density at radius 3 is 0.806 bits per heavy atom. The summed E-state index contributed by atoms with van der Waals surface area (Å²) in [5.74, 6) is -1.10. The van der Waals surface area contributed by atoms with E-state index in [0.717, 1.165) is 77.0 Å². The van der Waals surface area contributed by atoms with Crippen molar-refractivity contribution in [3.8, 4) is 0 Å². The molecule has 0 bridgehead atoms. The van der Waals surface area contributed by atoms with Crippen LogP contribution < -0.4 is 0 Å². The molecule has 1 atom stereocenters. The second kappa shape index (κ2) is 52.6. The molecule has 6 nitrogen and oxygen atoms in total. The van der Waals surface area contributed by atoms with Crippen molar-refractivity contribution in [2.75, 3.05) is 13.2 Å². The van der Waals surface area contributed by atoms with Gasteiger partial charge in [0, 0.05) is 19.3 Å². The maximum Gasteiger partial charge on any atom is 0.306 e. The van der Waals surface area contributed by atoms with Gasteiger partial charge in [-0.3, -0.25) is 14.4 Å². The molecule has 0 aromatic carbocycles. The van der Waals surface area contributed by atoms with Crippen LogP contribution >= 0.6 is 0 Å². The third-order valence-corrected chi connectivity index (χ3v) is 9.21. The van der Waals surface area contributed by atoms with Gasteiger partial charge in [0.2, 0.25) is 0 Å². The smallest absolute Gasteiger partial charge is 0.306 e. The van der Waals surface area contributed by atoms with Crippen LogP contribution in [-0.2, 0) is 28.6 Å². The first-order chi connectivity index (χ1) is 33.0. The SMILES string of the molecule is CC\C=C/C=C\C=C/C=C\C=C/CCCCCC(=O)OCC(COC(=O)CCCCC\C=C/C=C/C=C\C=C/C=C\C=C/CC)OC(=O)CCCCC\C=C/C=C/C=C\C=C/C=C\C=C/CC. The highest BCUT2D eigenvalue weighted by Crippen LogP contribution is 2.10. The van der Waals surface area contributed by atoms with Gasteiger partial charge in [0.25, 0.3) is 0 Å². The highest BCUT2D eigenvalue weighted by atomic mass is 16.6. The zero-order chi connectivity index (χ0) is 48.6. The number of allylic oxidation sites excluding steroid dienone is 34. The van der Waals surface area contributed by atoms with Crippen LogP contribution in [0.4, 0.5) is 0 Å². The Labute approximate surface area is 407 Å². The summed E-state index contributed by atoms with van der Waals surface area (Å²) in [5.41, 5.74) is 0. The van der Waals surface area contributed by atoms with Gasteiger partial charge in [-0.15, -0.1) is 0 Å². The molecule has 67 heavy (non-hydrogen) atoms. The van der Waals surface area contributed by atoms with E-state index in [-0.39, 0.29) is 50.4 Å². The molecular weight excluding hydrogens is 829 g/mol. The topological polar surface area (TPSA) is 78.9 Å². The van der Waals surface area contributed by atoms with Crippen LogP contribution in [0.1, 0.15) is 136 Å². The Hall–Kier alpha value is -6.01. The fourth-order valence-corrected chi connectivity index (χ4v) is 5.58. The quantitative estimate of drug-likeness (QED) is 0.0264. The first kappa shape index (κ1) is 61.0. The van der Waals surface area contributed by atoms with Crippen LogP contribution in [0.15, 0.2) is 207 Å². The van der Waals surface area contributed by atoms with Gasteiger partial charge in [0.1, 0.15) is 13.2 Å². The van der Waals surface area contributed by atoms with Crippen LogP contribution in [0, 0.1) is 0 Å². The standard InChI is InChI=1S/C61H84O6/c1-4-7-10-13-16-19-22-25-28-30-33-36-39-42-45-48-51-54-60(63)66-57-58(56-65-59(62)53-50-47-44-41-38-35-32-27-24-21-18-15-12-9-6-3)67-61(64)55-52-49-46-43-40-37-34-31-29-26-23-20-17-14-11-8-5-2/h7-40,58H,4-6,41-57H2,1-3H3/b10-7-,11-8-,12-9-,16-13-,17-14-,18-15-,22-19-,23-20-,24-21-,28-25-,29-26-,32-27-,33-30+,34-31+,38-35-,39-36-,40-37-. The van der Waals surface area contributed by atoms with Gasteiger partial charge in [-0.1, -0.05) is 247 Å². The summed E-state index contributed by atoms with van der Waals surface area (Å²) < 4.78 is 16.7. The Balaban J connectivity index is 4.73. The van der Waals surface area contributed by atoms with Crippen molar-refractivity contribution in [3.63, 3.8) is 0 Å². The summed E-state index contributed by atoms with van der Waals surface area (Å²) in [6.07, 6.45) is 82.2. The number of hydrogen-bond donors (Lipinski definition) is 0. The molecule has 0 N–H and O–H groups in total. The summed E-state index contributed by atoms with van der Waals surface area (Å²) in [7, 11) is 0. The van der Waals surface area contributed by atoms with Crippen molar-refractivity contribution in [1.82, 2.24) is 0 Å². The Bertz CT molecular complexity index is 1760. The Morgan fingerprint density at radius 1 is 0.299 bits per heavy atom. The number of carbonyl (C=O) groups excluding carboxylic acids is 3. The number of hydrogen-bond acceptors (Lipinski definition) is 6. The second-order valence-electron chi connectivity index (χ2n) is 15.3. The van der Waals surface area contributed by atoms with E-state index in [1.165, 1.54) is 0 Å². The lowest BCUT2D eigenvalue weighted by molar-refractivity contribution is -0.167. The molecule has 0 aliphatic carbocycles. The summed E-state index contributed by atoms with van der Waals surface area (Å²) >= 11 is 0. The molecule has 6 heteroatoms. The highest BCUT2D eigenvalue weighted by Gasteiger charge is 2.19. The first-order valence-corrected chi connectivity index (χ1v) is 24.8. The maximum atomic E-state index is 12.8. The zero-order valence-electron chi connectivity index (χ0n) is 41.3. The number of ether oxygens (including phenoxy) is 3. The number of esters is 3. The molecule has 0 aromatic rings. The summed E-state index contributed by atoms with van der Waals surface area (Å²) in [4.78, 5) is 38.0. The molecule has 0 aliphatic heterocycles. The summed E-state index contributed by atoms with van der Waals surface area (Å²) in [6.45, 7) is 6.04. The van der Waals surface area contributed by atoms with E-state index in [1.807, 2.05) is 170 Å². The monoisotopic (exact) mass is 913 g/mol. The molecule has 0 spiro atoms. The second-order valence-corrected chi connectivity index (χ2v) is 15.3. The van der Waals surface area contributed by atoms with E-state index in [4.69, 9.17) is 14.2 Å². The summed E-state index contributed by atoms with van der Waals surface area (Å²) in [6, 6.07) is 0. The van der Waals surface area contributed by atoms with Crippen molar-refractivity contribution < 1.29 is 28.6 Å². The highest BCUT2D eigenvalue weighted by molar-refractivity contribution is 5.71. The van der Waals surface area contributed by atoms with E-state index < -0.39 is 6.10 Å². The normalized spacial score (nSPS) is 13.9. The van der Waals surface area contributed by atoms with Gasteiger partial charge >= 0.3 is 17.9 Å². The average Bonchev–Trinajstić information content (AvgIpc) is 3.33. The molecule has 0 saturated carbocycles. The number of carbonyl (C=O) groups is 3. The lowest BCUT2D eigenvalue weighted by Gasteiger charge is -2.18. The van der Waals surface area contributed by atoms with Crippen molar-refractivity contribution in [3.05, 3.63) is 207 Å². The third-order valence-electron chi connectivity index (χ3n) is 9.21. The van der Waals surface area contributed by atoms with Crippen LogP contribution in [0.2, 0.25) is 0 Å². The molecule has 0 radical (unpaired) electrons. The van der Waals surface area contributed by atoms with E-state index in [1.54, 1.807) is 0 Å². The van der Waals surface area contributed by atoms with Crippen LogP contribution in [0.25, 0.3) is 0 Å². The molecular formula is C61H84O6. The zero-order valence-corrected chi connectivity index (χ0v) is 41.3. The van der Waals surface area contributed by atoms with Gasteiger partial charge in [-0.05, 0) is 77.0 Å². The molecule has 0 aliphatic rings. The molecule has 0 aromatic heterocycles. The van der Waals surface area contributed by atoms with Gasteiger partial charge in [-0.25, -0.2) is 0 Å². The van der Waals surface area contributed by atoms with Gasteiger partial charge in [0.05, 0.1) is 0 Å². The third kappa shape index (κ3) is 50.8. The van der Waals surface area contributed by atoms with E-state index in [2.05, 4.69) is 57.2 Å². The fourth-order valence-electron chi connectivity index (χ4n) is 5.58. The molecule has 0 saturated heterocycles. The average molecular weight is 913 g/mol. The predicted octanol–water partition coefficient (Wildman–Crippen LogP) is 16.5. The van der Waals surface area contributed by atoms with Gasteiger partial charge in [-0.2, -0.15) is 0 Å². The molecule has 0 fully saturated rings. The largest absolute Gasteiger partial charge is 0.462 e. The summed E-state index contributed by atoms with van der Waals surface area (Å²) in [5, 5.41) is 0. The number of unbranched alkanes of at least 4 members (excludes halogenated alkanes) is 9. The van der Waals surface area contributed by atoms with Crippen molar-refractivity contribution in [2.45, 2.75) is 142 Å². The molecule has 0 amide bonds. The molecule has 364 valence electrons. The van der Waals surface area contributed by atoms with Crippen molar-refractivity contribution >= 4 is 17.9 Å². The Kier molecular flexibility index (Phi) is 47.9. The predicted molar refractivity (Wildman–Crippen MR) is 287 cm³/mol. The van der Waals surface area contributed by atoms with Crippen LogP contribution in [-0.4, -0.2) is 37.2 Å². The van der Waals surface area contributed by atoms with Crippen LogP contribution in [0.3, 0.4) is 0 Å². The lowest BCUT2D eigenvalue weighted by atomic mass is 10.1. The fraction of sp³-hybridized carbons (Fsp3) is 0.393. The first-order valence-electron chi connectivity index (χ1n) is 24.8. The minimum Gasteiger partial charge on any atom is -0.462 e. The van der Waals surface area contributed by atoms with Gasteiger partial charge in [0.15, 0.2) is 6.10 Å². The van der Waals surface area contributed by atoms with Gasteiger partial charge < -0.3 is 14.2 Å². The Morgan fingerprint density at radius 2 is 0.537 bits per heavy atom. The van der Waals surface area contributed by atoms with Crippen LogP contribution in [0.5, 0.6) is 0 Å². The minimum absolute atomic E-state index is 0.147. The van der Waals surface area contributed by atoms with E-state index in [9.17, 15) is 14.4 Å². The maximum absolute atomic E-state index is 12.8. The van der Waals surface area contributed by atoms with Crippen molar-refractivity contribution in [1.29, 1.82) is 0 Å². The van der Waals surface area contributed by atoms with E-state index >= 15 is 0 Å². The van der Waals surface area contributed by atoms with E-state index in [0.29, 0.717) is 19.3 Å². The number of rotatable bonds is 40. The molecule has 0 rings (SSSR count). The lowest BCUT2D eigenvalue weighted by Crippen LogP contribution is -2.30. The molecule has 1 unspecified atom stereocenters.